The second-order valence-corrected chi connectivity index (χ2v) is 3.38. The molecule has 0 aromatic heterocycles. The molecule has 1 aliphatic carbocycles. The minimum absolute atomic E-state index is 0.0118. The van der Waals surface area contributed by atoms with Crippen molar-refractivity contribution in [1.82, 2.24) is 5.32 Å². The highest BCUT2D eigenvalue weighted by molar-refractivity contribution is 5.83. The van der Waals surface area contributed by atoms with E-state index in [-0.39, 0.29) is 12.1 Å². The molecule has 1 atom stereocenters. The van der Waals surface area contributed by atoms with Gasteiger partial charge in [0, 0.05) is 0 Å². The Labute approximate surface area is 82.5 Å². The van der Waals surface area contributed by atoms with Crippen LogP contribution in [0.3, 0.4) is 0 Å². The van der Waals surface area contributed by atoms with Gasteiger partial charge in [-0.3, -0.25) is 5.41 Å². The Kier molecular flexibility index (Phi) is 3.70. The van der Waals surface area contributed by atoms with Gasteiger partial charge in [0.15, 0.2) is 12.1 Å². The van der Waals surface area contributed by atoms with E-state index < -0.39 is 12.1 Å². The first-order valence-corrected chi connectivity index (χ1v) is 4.66. The third-order valence-corrected chi connectivity index (χ3v) is 2.15. The summed E-state index contributed by atoms with van der Waals surface area (Å²) >= 11 is 0. The predicted octanol–water partition coefficient (Wildman–Crippen LogP) is -0.760. The summed E-state index contributed by atoms with van der Waals surface area (Å²) in [5.74, 6) is -0.882. The lowest BCUT2D eigenvalue weighted by Crippen LogP contribution is -2.51. The van der Waals surface area contributed by atoms with Crippen molar-refractivity contribution in [3.05, 3.63) is 0 Å². The summed E-state index contributed by atoms with van der Waals surface area (Å²) in [6, 6.07) is 0. The van der Waals surface area contributed by atoms with Crippen LogP contribution in [0.2, 0.25) is 0 Å². The van der Waals surface area contributed by atoms with E-state index in [1.807, 2.05) is 0 Å². The molecular formula is C8H16N4O2. The van der Waals surface area contributed by atoms with Crippen LogP contribution in [-0.4, -0.2) is 24.2 Å². The van der Waals surface area contributed by atoms with E-state index in [1.54, 1.807) is 0 Å². The van der Waals surface area contributed by atoms with Gasteiger partial charge in [0.2, 0.25) is 0 Å². The van der Waals surface area contributed by atoms with E-state index >= 15 is 0 Å². The van der Waals surface area contributed by atoms with E-state index in [0.29, 0.717) is 0 Å². The van der Waals surface area contributed by atoms with Gasteiger partial charge in [0.25, 0.3) is 0 Å². The zero-order chi connectivity index (χ0) is 10.6. The zero-order valence-corrected chi connectivity index (χ0v) is 7.95. The second-order valence-electron chi connectivity index (χ2n) is 3.38. The number of carbonyl (C=O) groups excluding carboxylic acids is 1. The van der Waals surface area contributed by atoms with Crippen LogP contribution in [0.4, 0.5) is 0 Å². The molecule has 0 heterocycles. The Hall–Kier alpha value is -1.30. The maximum absolute atomic E-state index is 11.3. The maximum atomic E-state index is 11.3. The Bertz CT molecular complexity index is 225. The molecule has 1 rings (SSSR count). The summed E-state index contributed by atoms with van der Waals surface area (Å²) < 4.78 is 5.10. The molecule has 0 aliphatic heterocycles. The summed E-state index contributed by atoms with van der Waals surface area (Å²) in [6.45, 7) is 0. The molecule has 1 aliphatic rings. The number of nitrogens with two attached hydrogens (primary N) is 2. The topological polar surface area (TPSA) is 114 Å². The molecule has 6 nitrogen and oxygen atoms in total. The largest absolute Gasteiger partial charge is 0.460 e. The molecule has 14 heavy (non-hydrogen) atoms. The zero-order valence-electron chi connectivity index (χ0n) is 7.95. The molecule has 0 radical (unpaired) electrons. The van der Waals surface area contributed by atoms with Crippen LogP contribution in [0.1, 0.15) is 25.7 Å². The lowest BCUT2D eigenvalue weighted by molar-refractivity contribution is -0.150. The van der Waals surface area contributed by atoms with Crippen LogP contribution in [0.15, 0.2) is 0 Å². The normalized spacial score (nSPS) is 18.9. The average Bonchev–Trinajstić information content (AvgIpc) is 2.55. The van der Waals surface area contributed by atoms with Gasteiger partial charge in [-0.25, -0.2) is 4.79 Å². The molecule has 6 heteroatoms. The molecule has 0 saturated heterocycles. The summed E-state index contributed by atoms with van der Waals surface area (Å²) in [6.07, 6.45) is 2.94. The van der Waals surface area contributed by atoms with Crippen LogP contribution in [0, 0.1) is 5.41 Å². The quantitative estimate of drug-likeness (QED) is 0.207. The first-order chi connectivity index (χ1) is 6.59. The molecule has 0 aromatic rings. The summed E-state index contributed by atoms with van der Waals surface area (Å²) in [5, 5.41) is 9.16. The molecule has 0 spiro atoms. The van der Waals surface area contributed by atoms with E-state index in [0.717, 1.165) is 25.7 Å². The van der Waals surface area contributed by atoms with Crippen LogP contribution in [0.5, 0.6) is 0 Å². The summed E-state index contributed by atoms with van der Waals surface area (Å²) in [7, 11) is 0. The fourth-order valence-corrected chi connectivity index (χ4v) is 1.47. The van der Waals surface area contributed by atoms with Crippen molar-refractivity contribution < 1.29 is 9.53 Å². The van der Waals surface area contributed by atoms with Gasteiger partial charge in [-0.1, -0.05) is 0 Å². The molecular weight excluding hydrogens is 184 g/mol. The highest BCUT2D eigenvalue weighted by Gasteiger charge is 2.23. The predicted molar refractivity (Wildman–Crippen MR) is 51.4 cm³/mol. The number of esters is 1. The molecule has 6 N–H and O–H groups in total. The third kappa shape index (κ3) is 3.21. The van der Waals surface area contributed by atoms with Gasteiger partial charge in [0.05, 0.1) is 0 Å². The second kappa shape index (κ2) is 4.80. The number of rotatable bonds is 3. The lowest BCUT2D eigenvalue weighted by Gasteiger charge is -2.16. The minimum atomic E-state index is -1.03. The Balaban J connectivity index is 2.29. The van der Waals surface area contributed by atoms with Gasteiger partial charge in [-0.15, -0.1) is 0 Å². The first kappa shape index (κ1) is 10.8. The van der Waals surface area contributed by atoms with Crippen molar-refractivity contribution in [3.63, 3.8) is 0 Å². The Morgan fingerprint density at radius 1 is 1.50 bits per heavy atom. The molecule has 1 fully saturated rings. The monoisotopic (exact) mass is 200 g/mol. The van der Waals surface area contributed by atoms with Gasteiger partial charge in [-0.05, 0) is 25.7 Å². The molecule has 80 valence electrons. The SMILES string of the molecule is N=C(N)NC(N)C(=O)OC1CCCC1. The number of hydrogen-bond acceptors (Lipinski definition) is 4. The maximum Gasteiger partial charge on any atom is 0.343 e. The van der Waals surface area contributed by atoms with E-state index in [9.17, 15) is 4.79 Å². The fraction of sp³-hybridized carbons (Fsp3) is 0.750. The molecule has 0 bridgehead atoms. The van der Waals surface area contributed by atoms with Crippen molar-refractivity contribution in [1.29, 1.82) is 5.41 Å². The molecule has 1 saturated carbocycles. The van der Waals surface area contributed by atoms with Gasteiger partial charge in [0.1, 0.15) is 6.10 Å². The van der Waals surface area contributed by atoms with Crippen molar-refractivity contribution in [2.24, 2.45) is 11.5 Å². The van der Waals surface area contributed by atoms with Gasteiger partial charge >= 0.3 is 5.97 Å². The van der Waals surface area contributed by atoms with Crippen LogP contribution in [-0.2, 0) is 9.53 Å². The number of guanidine groups is 1. The standard InChI is InChI=1S/C8H16N4O2/c9-6(12-8(10)11)7(13)14-5-3-1-2-4-5/h5-6H,1-4,9H2,(H4,10,11,12). The van der Waals surface area contributed by atoms with Crippen molar-refractivity contribution >= 4 is 11.9 Å². The van der Waals surface area contributed by atoms with Crippen LogP contribution in [0.25, 0.3) is 0 Å². The molecule has 0 amide bonds. The number of nitrogens with one attached hydrogen (secondary N) is 2. The number of carbonyl (C=O) groups is 1. The summed E-state index contributed by atoms with van der Waals surface area (Å²) in [5.41, 5.74) is 10.4. The highest BCUT2D eigenvalue weighted by atomic mass is 16.5. The Morgan fingerprint density at radius 3 is 2.57 bits per heavy atom. The number of ether oxygens (including phenoxy) is 1. The van der Waals surface area contributed by atoms with Crippen LogP contribution < -0.4 is 16.8 Å². The summed E-state index contributed by atoms with van der Waals surface area (Å²) in [4.78, 5) is 11.3. The van der Waals surface area contributed by atoms with Crippen LogP contribution >= 0.6 is 0 Å². The molecule has 1 unspecified atom stereocenters. The van der Waals surface area contributed by atoms with Gasteiger partial charge in [-0.2, -0.15) is 0 Å². The van der Waals surface area contributed by atoms with E-state index in [4.69, 9.17) is 21.6 Å². The van der Waals surface area contributed by atoms with E-state index in [1.165, 1.54) is 0 Å². The van der Waals surface area contributed by atoms with Gasteiger partial charge < -0.3 is 21.5 Å². The fourth-order valence-electron chi connectivity index (χ4n) is 1.47. The first-order valence-electron chi connectivity index (χ1n) is 4.66. The third-order valence-electron chi connectivity index (χ3n) is 2.15. The van der Waals surface area contributed by atoms with Crippen molar-refractivity contribution in [3.8, 4) is 0 Å². The van der Waals surface area contributed by atoms with E-state index in [2.05, 4.69) is 5.32 Å². The highest BCUT2D eigenvalue weighted by Crippen LogP contribution is 2.20. The average molecular weight is 200 g/mol. The Morgan fingerprint density at radius 2 is 2.07 bits per heavy atom. The number of hydrogen-bond donors (Lipinski definition) is 4. The smallest absolute Gasteiger partial charge is 0.343 e. The minimum Gasteiger partial charge on any atom is -0.460 e. The van der Waals surface area contributed by atoms with Crippen molar-refractivity contribution in [2.45, 2.75) is 38.0 Å². The molecule has 0 aromatic carbocycles. The lowest BCUT2D eigenvalue weighted by atomic mass is 10.3. The van der Waals surface area contributed by atoms with Crippen molar-refractivity contribution in [2.75, 3.05) is 0 Å².